The predicted molar refractivity (Wildman–Crippen MR) is 74.1 cm³/mol. The Morgan fingerprint density at radius 2 is 2.29 bits per heavy atom. The van der Waals surface area contributed by atoms with Crippen LogP contribution in [0.4, 0.5) is 0 Å². The molecule has 14 heavy (non-hydrogen) atoms. The van der Waals surface area contributed by atoms with Gasteiger partial charge in [0.25, 0.3) is 0 Å². The molecule has 0 fully saturated rings. The van der Waals surface area contributed by atoms with Crippen molar-refractivity contribution in [2.45, 2.75) is 12.8 Å². The van der Waals surface area contributed by atoms with E-state index < -0.39 is 0 Å². The molecule has 0 nitrogen and oxygen atoms in total. The maximum absolute atomic E-state index is 4.31. The fourth-order valence-corrected chi connectivity index (χ4v) is 2.21. The Morgan fingerprint density at radius 3 is 2.86 bits per heavy atom. The standard InChI is InChI=1S/C11H14S3/c1-9(3-2-8-12)14-11-6-4-10(13)5-7-11/h2-4,6,12-13H,1,5,7-8H2/b3-2-. The van der Waals surface area contributed by atoms with E-state index in [9.17, 15) is 0 Å². The molecule has 0 N–H and O–H groups in total. The van der Waals surface area contributed by atoms with Gasteiger partial charge in [0.2, 0.25) is 0 Å². The lowest BCUT2D eigenvalue weighted by molar-refractivity contribution is 1.01. The largest absolute Gasteiger partial charge is 0.175 e. The molecule has 3 heteroatoms. The highest BCUT2D eigenvalue weighted by atomic mass is 32.2. The summed E-state index contributed by atoms with van der Waals surface area (Å²) in [5.74, 6) is 0.763. The van der Waals surface area contributed by atoms with Gasteiger partial charge in [-0.25, -0.2) is 0 Å². The molecule has 0 aliphatic heterocycles. The van der Waals surface area contributed by atoms with E-state index in [1.165, 1.54) is 4.91 Å². The molecular formula is C11H14S3. The van der Waals surface area contributed by atoms with Crippen molar-refractivity contribution in [1.29, 1.82) is 0 Å². The third-order valence-corrected chi connectivity index (χ3v) is 3.34. The first-order valence-electron chi connectivity index (χ1n) is 4.45. The third-order valence-electron chi connectivity index (χ3n) is 1.76. The lowest BCUT2D eigenvalue weighted by atomic mass is 10.2. The number of thiol groups is 2. The molecule has 0 atom stereocenters. The molecule has 0 spiro atoms. The Bertz CT molecular complexity index is 298. The molecule has 0 unspecified atom stereocenters. The Hall–Kier alpha value is 0.01000. The second-order valence-electron chi connectivity index (χ2n) is 2.94. The summed E-state index contributed by atoms with van der Waals surface area (Å²) < 4.78 is 0. The Balaban J connectivity index is 2.45. The van der Waals surface area contributed by atoms with E-state index >= 15 is 0 Å². The Morgan fingerprint density at radius 1 is 1.50 bits per heavy atom. The van der Waals surface area contributed by atoms with Gasteiger partial charge in [0.1, 0.15) is 0 Å². The van der Waals surface area contributed by atoms with E-state index in [0.29, 0.717) is 0 Å². The number of thioether (sulfide) groups is 1. The van der Waals surface area contributed by atoms with Crippen LogP contribution in [-0.4, -0.2) is 5.75 Å². The highest BCUT2D eigenvalue weighted by Crippen LogP contribution is 2.33. The number of hydrogen-bond acceptors (Lipinski definition) is 3. The van der Waals surface area contributed by atoms with E-state index in [4.69, 9.17) is 0 Å². The van der Waals surface area contributed by atoms with Crippen LogP contribution < -0.4 is 0 Å². The van der Waals surface area contributed by atoms with Crippen molar-refractivity contribution in [3.63, 3.8) is 0 Å². The maximum Gasteiger partial charge on any atom is 0.00860 e. The van der Waals surface area contributed by atoms with Crippen LogP contribution >= 0.6 is 37.0 Å². The summed E-state index contributed by atoms with van der Waals surface area (Å²) in [5.41, 5.74) is 0. The molecule has 1 rings (SSSR count). The van der Waals surface area contributed by atoms with Crippen LogP contribution in [0, 0.1) is 0 Å². The molecule has 0 heterocycles. The van der Waals surface area contributed by atoms with E-state index in [-0.39, 0.29) is 0 Å². The molecule has 1 aliphatic rings. The topological polar surface area (TPSA) is 0 Å². The van der Waals surface area contributed by atoms with Crippen LogP contribution in [0.2, 0.25) is 0 Å². The van der Waals surface area contributed by atoms with Gasteiger partial charge in [-0.3, -0.25) is 0 Å². The van der Waals surface area contributed by atoms with Crippen molar-refractivity contribution < 1.29 is 0 Å². The molecule has 0 bridgehead atoms. The van der Waals surface area contributed by atoms with Gasteiger partial charge >= 0.3 is 0 Å². The van der Waals surface area contributed by atoms with E-state index in [1.54, 1.807) is 11.8 Å². The van der Waals surface area contributed by atoms with Crippen LogP contribution in [0.3, 0.4) is 0 Å². The summed E-state index contributed by atoms with van der Waals surface area (Å²) >= 11 is 10.1. The molecule has 0 saturated carbocycles. The van der Waals surface area contributed by atoms with Crippen LogP contribution in [0.25, 0.3) is 0 Å². The van der Waals surface area contributed by atoms with Gasteiger partial charge in [-0.1, -0.05) is 42.6 Å². The minimum atomic E-state index is 0.763. The summed E-state index contributed by atoms with van der Waals surface area (Å²) in [6.45, 7) is 3.97. The minimum Gasteiger partial charge on any atom is -0.175 e. The molecular weight excluding hydrogens is 228 g/mol. The van der Waals surface area contributed by atoms with Gasteiger partial charge in [0.05, 0.1) is 0 Å². The fourth-order valence-electron chi connectivity index (χ4n) is 1.08. The Kier molecular flexibility index (Phi) is 5.60. The van der Waals surface area contributed by atoms with Crippen molar-refractivity contribution in [1.82, 2.24) is 0 Å². The lowest BCUT2D eigenvalue weighted by Gasteiger charge is -2.10. The second kappa shape index (κ2) is 6.49. The second-order valence-corrected chi connectivity index (χ2v) is 5.14. The van der Waals surface area contributed by atoms with Gasteiger partial charge in [0, 0.05) is 10.7 Å². The SMILES string of the molecule is C=C(/C=C\CS)SC1=CC=C(S)CC1. The zero-order chi connectivity index (χ0) is 10.4. The number of hydrogen-bond donors (Lipinski definition) is 2. The first-order chi connectivity index (χ1) is 6.72. The minimum absolute atomic E-state index is 0.763. The normalized spacial score (nSPS) is 16.7. The van der Waals surface area contributed by atoms with Crippen LogP contribution in [0.15, 0.2) is 45.6 Å². The van der Waals surface area contributed by atoms with Crippen LogP contribution in [0.5, 0.6) is 0 Å². The maximum atomic E-state index is 4.31. The summed E-state index contributed by atoms with van der Waals surface area (Å²) in [6, 6.07) is 0. The zero-order valence-electron chi connectivity index (χ0n) is 7.94. The van der Waals surface area contributed by atoms with Crippen LogP contribution in [-0.2, 0) is 0 Å². The molecule has 0 aromatic heterocycles. The lowest BCUT2D eigenvalue weighted by Crippen LogP contribution is -1.86. The summed E-state index contributed by atoms with van der Waals surface area (Å²) in [6.07, 6.45) is 10.3. The molecule has 76 valence electrons. The smallest absolute Gasteiger partial charge is 0.00860 e. The van der Waals surface area contributed by atoms with Gasteiger partial charge in [-0.15, -0.1) is 12.6 Å². The average Bonchev–Trinajstić information content (AvgIpc) is 2.18. The first kappa shape index (κ1) is 12.1. The monoisotopic (exact) mass is 242 g/mol. The highest BCUT2D eigenvalue weighted by Gasteiger charge is 2.04. The molecule has 0 amide bonds. The van der Waals surface area contributed by atoms with Crippen molar-refractivity contribution >= 4 is 37.0 Å². The molecule has 0 aromatic rings. The van der Waals surface area contributed by atoms with Crippen molar-refractivity contribution in [2.75, 3.05) is 5.75 Å². The average molecular weight is 242 g/mol. The third kappa shape index (κ3) is 4.49. The zero-order valence-corrected chi connectivity index (χ0v) is 10.5. The highest BCUT2D eigenvalue weighted by molar-refractivity contribution is 8.06. The molecule has 1 aliphatic carbocycles. The summed E-state index contributed by atoms with van der Waals surface area (Å²) in [4.78, 5) is 3.59. The van der Waals surface area contributed by atoms with Crippen LogP contribution in [0.1, 0.15) is 12.8 Å². The summed E-state index contributed by atoms with van der Waals surface area (Å²) in [7, 11) is 0. The van der Waals surface area contributed by atoms with Crippen molar-refractivity contribution in [3.8, 4) is 0 Å². The van der Waals surface area contributed by atoms with Gasteiger partial charge in [-0.05, 0) is 22.7 Å². The van der Waals surface area contributed by atoms with Gasteiger partial charge in [0.15, 0.2) is 0 Å². The van der Waals surface area contributed by atoms with E-state index in [1.807, 2.05) is 12.2 Å². The molecule has 0 saturated heterocycles. The molecule has 0 aromatic carbocycles. The first-order valence-corrected chi connectivity index (χ1v) is 6.35. The predicted octanol–water partition coefficient (Wildman–Crippen LogP) is 4.21. The number of allylic oxidation sites excluding steroid dienone is 5. The summed E-state index contributed by atoms with van der Waals surface area (Å²) in [5, 5.41) is 0. The van der Waals surface area contributed by atoms with Gasteiger partial charge in [-0.2, -0.15) is 12.6 Å². The van der Waals surface area contributed by atoms with Crippen molar-refractivity contribution in [3.05, 3.63) is 45.6 Å². The van der Waals surface area contributed by atoms with E-state index in [2.05, 4.69) is 44.0 Å². The van der Waals surface area contributed by atoms with Crippen molar-refractivity contribution in [2.24, 2.45) is 0 Å². The van der Waals surface area contributed by atoms with Gasteiger partial charge < -0.3 is 0 Å². The quantitative estimate of drug-likeness (QED) is 0.550. The number of rotatable bonds is 4. The fraction of sp³-hybridized carbons (Fsp3) is 0.273. The van der Waals surface area contributed by atoms with E-state index in [0.717, 1.165) is 28.4 Å². The molecule has 0 radical (unpaired) electrons. The Labute approximate surface area is 101 Å².